The Morgan fingerprint density at radius 1 is 1.36 bits per heavy atom. The third kappa shape index (κ3) is 5.32. The maximum absolute atomic E-state index is 11.9. The second-order valence-corrected chi connectivity index (χ2v) is 9.17. The first kappa shape index (κ1) is 17.3. The smallest absolute Gasteiger partial charge is 0.230 e. The van der Waals surface area contributed by atoms with Crippen molar-refractivity contribution in [3.05, 3.63) is 35.9 Å². The predicted octanol–water partition coefficient (Wildman–Crippen LogP) is 2.22. The van der Waals surface area contributed by atoms with Crippen molar-refractivity contribution < 1.29 is 13.2 Å². The van der Waals surface area contributed by atoms with E-state index in [0.29, 0.717) is 24.6 Å². The maximum Gasteiger partial charge on any atom is 0.230 e. The summed E-state index contributed by atoms with van der Waals surface area (Å²) in [5.41, 5.74) is 1.24. The molecule has 0 aromatic heterocycles. The summed E-state index contributed by atoms with van der Waals surface area (Å²) in [6, 6.07) is 10.2. The van der Waals surface area contributed by atoms with Crippen LogP contribution in [0.15, 0.2) is 30.3 Å². The molecule has 4 nitrogen and oxygen atoms in total. The van der Waals surface area contributed by atoms with Crippen molar-refractivity contribution in [2.45, 2.75) is 30.9 Å². The molecular formula is C16H23NO3S2. The first-order chi connectivity index (χ1) is 10.5. The average molecular weight is 341 g/mol. The van der Waals surface area contributed by atoms with E-state index in [2.05, 4.69) is 24.4 Å². The van der Waals surface area contributed by atoms with E-state index in [1.807, 2.05) is 18.2 Å². The van der Waals surface area contributed by atoms with Gasteiger partial charge in [0, 0.05) is 17.7 Å². The molecule has 0 radical (unpaired) electrons. The summed E-state index contributed by atoms with van der Waals surface area (Å²) in [5.74, 6) is 1.13. The summed E-state index contributed by atoms with van der Waals surface area (Å²) in [7, 11) is -2.86. The van der Waals surface area contributed by atoms with Crippen molar-refractivity contribution in [1.82, 2.24) is 5.32 Å². The summed E-state index contributed by atoms with van der Waals surface area (Å²) >= 11 is 1.46. The van der Waals surface area contributed by atoms with Crippen LogP contribution in [-0.2, 0) is 14.6 Å². The zero-order chi connectivity index (χ0) is 16.0. The number of rotatable bonds is 7. The zero-order valence-electron chi connectivity index (χ0n) is 12.8. The average Bonchev–Trinajstić information content (AvgIpc) is 2.86. The van der Waals surface area contributed by atoms with Crippen LogP contribution in [0.2, 0.25) is 0 Å². The van der Waals surface area contributed by atoms with Crippen molar-refractivity contribution in [1.29, 1.82) is 0 Å². The van der Waals surface area contributed by atoms with Gasteiger partial charge in [0.2, 0.25) is 5.91 Å². The van der Waals surface area contributed by atoms with Gasteiger partial charge < -0.3 is 5.32 Å². The molecular weight excluding hydrogens is 318 g/mol. The van der Waals surface area contributed by atoms with Crippen LogP contribution in [0, 0.1) is 0 Å². The summed E-state index contributed by atoms with van der Waals surface area (Å²) < 4.78 is 22.8. The Bertz CT molecular complexity index is 587. The van der Waals surface area contributed by atoms with E-state index < -0.39 is 9.84 Å². The molecule has 1 heterocycles. The van der Waals surface area contributed by atoms with Crippen LogP contribution >= 0.6 is 11.8 Å². The molecule has 1 aromatic carbocycles. The van der Waals surface area contributed by atoms with Crippen molar-refractivity contribution in [2.75, 3.05) is 23.8 Å². The number of sulfone groups is 1. The molecule has 2 rings (SSSR count). The highest BCUT2D eigenvalue weighted by Crippen LogP contribution is 2.24. The number of benzene rings is 1. The lowest BCUT2D eigenvalue weighted by molar-refractivity contribution is -0.118. The van der Waals surface area contributed by atoms with Crippen molar-refractivity contribution in [3.8, 4) is 0 Å². The standard InChI is InChI=1S/C16H23NO3S2/c1-2-13(14-6-4-3-5-7-14)10-17-16(18)11-21-15-8-9-22(19,20)12-15/h3-7,13,15H,2,8-12H2,1H3,(H,17,18). The van der Waals surface area contributed by atoms with Gasteiger partial charge in [-0.15, -0.1) is 11.8 Å². The predicted molar refractivity (Wildman–Crippen MR) is 92.0 cm³/mol. The third-order valence-electron chi connectivity index (χ3n) is 3.95. The topological polar surface area (TPSA) is 63.2 Å². The molecule has 1 amide bonds. The SMILES string of the molecule is CCC(CNC(=O)CSC1CCS(=O)(=O)C1)c1ccccc1. The van der Waals surface area contributed by atoms with E-state index in [0.717, 1.165) is 6.42 Å². The van der Waals surface area contributed by atoms with Gasteiger partial charge in [0.25, 0.3) is 0 Å². The van der Waals surface area contributed by atoms with Crippen LogP contribution < -0.4 is 5.32 Å². The van der Waals surface area contributed by atoms with Crippen molar-refractivity contribution in [3.63, 3.8) is 0 Å². The van der Waals surface area contributed by atoms with Gasteiger partial charge in [-0.2, -0.15) is 0 Å². The van der Waals surface area contributed by atoms with Gasteiger partial charge in [-0.1, -0.05) is 37.3 Å². The minimum absolute atomic E-state index is 0.0105. The second-order valence-electron chi connectivity index (χ2n) is 5.66. The number of thioether (sulfide) groups is 1. The molecule has 1 aliphatic rings. The Morgan fingerprint density at radius 3 is 2.68 bits per heavy atom. The molecule has 2 unspecified atom stereocenters. The molecule has 0 bridgehead atoms. The fourth-order valence-corrected chi connectivity index (χ4v) is 6.07. The Kier molecular flexibility index (Phi) is 6.32. The van der Waals surface area contributed by atoms with Gasteiger partial charge in [0.05, 0.1) is 17.3 Å². The molecule has 1 saturated heterocycles. The van der Waals surface area contributed by atoms with Crippen LogP contribution in [0.1, 0.15) is 31.2 Å². The normalized spacial score (nSPS) is 21.4. The molecule has 22 heavy (non-hydrogen) atoms. The second kappa shape index (κ2) is 8.02. The van der Waals surface area contributed by atoms with E-state index in [4.69, 9.17) is 0 Å². The van der Waals surface area contributed by atoms with E-state index in [9.17, 15) is 13.2 Å². The summed E-state index contributed by atoms with van der Waals surface area (Å²) in [6.07, 6.45) is 1.64. The monoisotopic (exact) mass is 341 g/mol. The number of hydrogen-bond acceptors (Lipinski definition) is 4. The van der Waals surface area contributed by atoms with Crippen LogP contribution in [0.3, 0.4) is 0 Å². The van der Waals surface area contributed by atoms with Crippen molar-refractivity contribution in [2.24, 2.45) is 0 Å². The lowest BCUT2D eigenvalue weighted by Gasteiger charge is -2.16. The van der Waals surface area contributed by atoms with Crippen LogP contribution in [0.5, 0.6) is 0 Å². The fourth-order valence-electron chi connectivity index (χ4n) is 2.60. The molecule has 122 valence electrons. The summed E-state index contributed by atoms with van der Waals surface area (Å²) in [6.45, 7) is 2.74. The number of nitrogens with one attached hydrogen (secondary N) is 1. The lowest BCUT2D eigenvalue weighted by Crippen LogP contribution is -2.30. The molecule has 6 heteroatoms. The van der Waals surface area contributed by atoms with Crippen LogP contribution in [0.25, 0.3) is 0 Å². The number of carbonyl (C=O) groups is 1. The Morgan fingerprint density at radius 2 is 2.09 bits per heavy atom. The van der Waals surface area contributed by atoms with E-state index >= 15 is 0 Å². The largest absolute Gasteiger partial charge is 0.355 e. The van der Waals surface area contributed by atoms with Gasteiger partial charge in [-0.3, -0.25) is 4.79 Å². The molecule has 1 fully saturated rings. The Balaban J connectivity index is 1.73. The first-order valence-electron chi connectivity index (χ1n) is 7.64. The van der Waals surface area contributed by atoms with E-state index in [1.54, 1.807) is 0 Å². The summed E-state index contributed by atoms with van der Waals surface area (Å²) in [5, 5.41) is 3.04. The highest BCUT2D eigenvalue weighted by Gasteiger charge is 2.28. The highest BCUT2D eigenvalue weighted by atomic mass is 32.2. The van der Waals surface area contributed by atoms with Crippen LogP contribution in [-0.4, -0.2) is 43.4 Å². The number of carbonyl (C=O) groups excluding carboxylic acids is 1. The van der Waals surface area contributed by atoms with Gasteiger partial charge in [0.1, 0.15) is 0 Å². The van der Waals surface area contributed by atoms with Gasteiger partial charge in [0.15, 0.2) is 9.84 Å². The van der Waals surface area contributed by atoms with Crippen LogP contribution in [0.4, 0.5) is 0 Å². The number of hydrogen-bond donors (Lipinski definition) is 1. The fraction of sp³-hybridized carbons (Fsp3) is 0.562. The first-order valence-corrected chi connectivity index (χ1v) is 10.5. The van der Waals surface area contributed by atoms with Gasteiger partial charge in [-0.25, -0.2) is 8.42 Å². The van der Waals surface area contributed by atoms with E-state index in [-0.39, 0.29) is 22.7 Å². The molecule has 0 saturated carbocycles. The van der Waals surface area contributed by atoms with Crippen molar-refractivity contribution >= 4 is 27.5 Å². The molecule has 0 aliphatic carbocycles. The third-order valence-corrected chi connectivity index (χ3v) is 7.23. The molecule has 1 N–H and O–H groups in total. The Hall–Kier alpha value is -1.01. The summed E-state index contributed by atoms with van der Waals surface area (Å²) in [4.78, 5) is 11.9. The minimum Gasteiger partial charge on any atom is -0.355 e. The van der Waals surface area contributed by atoms with E-state index in [1.165, 1.54) is 17.3 Å². The molecule has 1 aromatic rings. The molecule has 2 atom stereocenters. The zero-order valence-corrected chi connectivity index (χ0v) is 14.5. The quantitative estimate of drug-likeness (QED) is 0.826. The Labute approximate surface area is 137 Å². The highest BCUT2D eigenvalue weighted by molar-refractivity contribution is 8.02. The number of amides is 1. The minimum atomic E-state index is -2.86. The van der Waals surface area contributed by atoms with Gasteiger partial charge >= 0.3 is 0 Å². The maximum atomic E-state index is 11.9. The molecule has 1 aliphatic heterocycles. The van der Waals surface area contributed by atoms with Gasteiger partial charge in [-0.05, 0) is 18.4 Å². The lowest BCUT2D eigenvalue weighted by atomic mass is 9.96. The molecule has 0 spiro atoms.